The van der Waals surface area contributed by atoms with E-state index in [9.17, 15) is 0 Å². The lowest BCUT2D eigenvalue weighted by atomic mass is 10.3. The number of ether oxygens (including phenoxy) is 2. The third-order valence-electron chi connectivity index (χ3n) is 2.02. The van der Waals surface area contributed by atoms with Gasteiger partial charge in [-0.05, 0) is 19.4 Å². The Hall–Kier alpha value is -0.160. The zero-order valence-corrected chi connectivity index (χ0v) is 8.00. The van der Waals surface area contributed by atoms with Crippen molar-refractivity contribution in [2.75, 3.05) is 39.5 Å². The molecule has 4 nitrogen and oxygen atoms in total. The van der Waals surface area contributed by atoms with Crippen LogP contribution in [0, 0.1) is 0 Å². The summed E-state index contributed by atoms with van der Waals surface area (Å²) >= 11 is 0. The smallest absolute Gasteiger partial charge is 0.0933 e. The Morgan fingerprint density at radius 2 is 2.23 bits per heavy atom. The molecule has 1 aliphatic rings. The van der Waals surface area contributed by atoms with Crippen LogP contribution in [0.15, 0.2) is 0 Å². The maximum absolute atomic E-state index is 8.54. The lowest BCUT2D eigenvalue weighted by Gasteiger charge is -2.23. The molecule has 1 rings (SSSR count). The molecule has 1 fully saturated rings. The number of hydrogen-bond acceptors (Lipinski definition) is 4. The topological polar surface area (TPSA) is 50.7 Å². The summed E-state index contributed by atoms with van der Waals surface area (Å²) < 4.78 is 10.7. The van der Waals surface area contributed by atoms with Gasteiger partial charge in [-0.3, -0.25) is 0 Å². The molecule has 13 heavy (non-hydrogen) atoms. The first-order valence-electron chi connectivity index (χ1n) is 4.94. The molecule has 0 amide bonds. The van der Waals surface area contributed by atoms with Gasteiger partial charge in [-0.15, -0.1) is 0 Å². The van der Waals surface area contributed by atoms with Crippen LogP contribution in [0.5, 0.6) is 0 Å². The van der Waals surface area contributed by atoms with E-state index in [0.29, 0.717) is 13.2 Å². The van der Waals surface area contributed by atoms with E-state index in [1.54, 1.807) is 0 Å². The van der Waals surface area contributed by atoms with Crippen LogP contribution in [-0.4, -0.2) is 50.7 Å². The van der Waals surface area contributed by atoms with Crippen molar-refractivity contribution in [1.29, 1.82) is 0 Å². The van der Waals surface area contributed by atoms with Crippen molar-refractivity contribution in [1.82, 2.24) is 5.32 Å². The van der Waals surface area contributed by atoms with Crippen molar-refractivity contribution in [3.63, 3.8) is 0 Å². The Morgan fingerprint density at radius 3 is 2.92 bits per heavy atom. The van der Waals surface area contributed by atoms with Gasteiger partial charge < -0.3 is 19.9 Å². The summed E-state index contributed by atoms with van der Waals surface area (Å²) in [6, 6.07) is 0. The lowest BCUT2D eigenvalue weighted by Crippen LogP contribution is -2.37. The van der Waals surface area contributed by atoms with Crippen LogP contribution in [0.1, 0.15) is 12.8 Å². The summed E-state index contributed by atoms with van der Waals surface area (Å²) in [4.78, 5) is 0. The van der Waals surface area contributed by atoms with Gasteiger partial charge in [0.1, 0.15) is 0 Å². The van der Waals surface area contributed by atoms with Gasteiger partial charge in [0, 0.05) is 13.2 Å². The van der Waals surface area contributed by atoms with E-state index in [1.807, 2.05) is 0 Å². The largest absolute Gasteiger partial charge is 0.396 e. The molecule has 1 saturated heterocycles. The number of aliphatic hydroxyl groups is 1. The minimum Gasteiger partial charge on any atom is -0.396 e. The monoisotopic (exact) mass is 189 g/mol. The van der Waals surface area contributed by atoms with Crippen LogP contribution in [0.2, 0.25) is 0 Å². The molecule has 4 heteroatoms. The first-order valence-corrected chi connectivity index (χ1v) is 4.94. The average Bonchev–Trinajstić information content (AvgIpc) is 2.19. The van der Waals surface area contributed by atoms with Crippen LogP contribution in [0.25, 0.3) is 0 Å². The van der Waals surface area contributed by atoms with E-state index in [-0.39, 0.29) is 12.7 Å². The molecular weight excluding hydrogens is 170 g/mol. The molecule has 1 unspecified atom stereocenters. The molecule has 0 aliphatic carbocycles. The number of unbranched alkanes of at least 4 members (excludes halogenated alkanes) is 1. The quantitative estimate of drug-likeness (QED) is 0.566. The second-order valence-electron chi connectivity index (χ2n) is 3.20. The van der Waals surface area contributed by atoms with E-state index in [4.69, 9.17) is 14.6 Å². The molecule has 1 atom stereocenters. The van der Waals surface area contributed by atoms with Gasteiger partial charge in [-0.25, -0.2) is 0 Å². The highest BCUT2D eigenvalue weighted by molar-refractivity contribution is 4.63. The zero-order chi connectivity index (χ0) is 9.36. The van der Waals surface area contributed by atoms with Gasteiger partial charge in [-0.1, -0.05) is 0 Å². The van der Waals surface area contributed by atoms with Gasteiger partial charge in [0.15, 0.2) is 0 Å². The van der Waals surface area contributed by atoms with Crippen molar-refractivity contribution in [3.05, 3.63) is 0 Å². The van der Waals surface area contributed by atoms with Crippen LogP contribution >= 0.6 is 0 Å². The molecule has 2 N–H and O–H groups in total. The van der Waals surface area contributed by atoms with Gasteiger partial charge in [-0.2, -0.15) is 0 Å². The molecular formula is C9H19NO3. The summed E-state index contributed by atoms with van der Waals surface area (Å²) in [6.45, 7) is 4.22. The predicted octanol–water partition coefficient (Wildman–Crippen LogP) is -0.236. The highest BCUT2D eigenvalue weighted by atomic mass is 16.6. The highest BCUT2D eigenvalue weighted by Gasteiger charge is 2.12. The Balaban J connectivity index is 1.86. The summed E-state index contributed by atoms with van der Waals surface area (Å²) in [5, 5.41) is 11.8. The fourth-order valence-corrected chi connectivity index (χ4v) is 1.28. The Kier molecular flexibility index (Phi) is 6.10. The van der Waals surface area contributed by atoms with E-state index in [1.165, 1.54) is 0 Å². The number of aliphatic hydroxyl groups excluding tert-OH is 1. The van der Waals surface area contributed by atoms with Crippen molar-refractivity contribution in [3.8, 4) is 0 Å². The molecule has 0 bridgehead atoms. The third-order valence-corrected chi connectivity index (χ3v) is 2.02. The summed E-state index contributed by atoms with van der Waals surface area (Å²) in [5.41, 5.74) is 0. The minimum atomic E-state index is 0.211. The average molecular weight is 189 g/mol. The first kappa shape index (κ1) is 10.9. The van der Waals surface area contributed by atoms with Crippen molar-refractivity contribution < 1.29 is 14.6 Å². The molecule has 0 aromatic rings. The van der Waals surface area contributed by atoms with Crippen LogP contribution in [-0.2, 0) is 9.47 Å². The summed E-state index contributed by atoms with van der Waals surface area (Å²) in [5.74, 6) is 0. The standard InChI is InChI=1S/C9H19NO3/c11-4-2-1-3-10-7-9-8-12-5-6-13-9/h9-11H,1-8H2. The zero-order valence-electron chi connectivity index (χ0n) is 8.00. The molecule has 1 aliphatic heterocycles. The second kappa shape index (κ2) is 7.26. The fraction of sp³-hybridized carbons (Fsp3) is 1.00. The SMILES string of the molecule is OCCCCNCC1COCCO1. The van der Waals surface area contributed by atoms with Crippen molar-refractivity contribution >= 4 is 0 Å². The molecule has 1 heterocycles. The number of hydrogen-bond donors (Lipinski definition) is 2. The second-order valence-corrected chi connectivity index (χ2v) is 3.20. The van der Waals surface area contributed by atoms with Gasteiger partial charge in [0.2, 0.25) is 0 Å². The maximum Gasteiger partial charge on any atom is 0.0933 e. The van der Waals surface area contributed by atoms with Crippen LogP contribution < -0.4 is 5.32 Å². The Labute approximate surface area is 79.2 Å². The predicted molar refractivity (Wildman–Crippen MR) is 49.7 cm³/mol. The van der Waals surface area contributed by atoms with E-state index < -0.39 is 0 Å². The molecule has 0 radical (unpaired) electrons. The molecule has 0 spiro atoms. The minimum absolute atomic E-state index is 0.211. The van der Waals surface area contributed by atoms with Gasteiger partial charge in [0.25, 0.3) is 0 Å². The number of rotatable bonds is 6. The summed E-state index contributed by atoms with van der Waals surface area (Å²) in [7, 11) is 0. The van der Waals surface area contributed by atoms with E-state index in [2.05, 4.69) is 5.32 Å². The molecule has 0 saturated carbocycles. The normalized spacial score (nSPS) is 23.3. The van der Waals surface area contributed by atoms with Crippen molar-refractivity contribution in [2.24, 2.45) is 0 Å². The molecule has 0 aromatic heterocycles. The molecule has 0 aromatic carbocycles. The van der Waals surface area contributed by atoms with Gasteiger partial charge in [0.05, 0.1) is 25.9 Å². The molecule has 78 valence electrons. The van der Waals surface area contributed by atoms with E-state index >= 15 is 0 Å². The number of nitrogens with one attached hydrogen (secondary N) is 1. The van der Waals surface area contributed by atoms with Crippen molar-refractivity contribution in [2.45, 2.75) is 18.9 Å². The van der Waals surface area contributed by atoms with Crippen LogP contribution in [0.4, 0.5) is 0 Å². The first-order chi connectivity index (χ1) is 6.43. The van der Waals surface area contributed by atoms with Gasteiger partial charge >= 0.3 is 0 Å². The maximum atomic E-state index is 8.54. The fourth-order valence-electron chi connectivity index (χ4n) is 1.28. The summed E-state index contributed by atoms with van der Waals surface area (Å²) in [6.07, 6.45) is 2.10. The third kappa shape index (κ3) is 5.21. The highest BCUT2D eigenvalue weighted by Crippen LogP contribution is 1.98. The lowest BCUT2D eigenvalue weighted by molar-refractivity contribution is -0.0863. The van der Waals surface area contributed by atoms with E-state index in [0.717, 1.165) is 32.5 Å². The van der Waals surface area contributed by atoms with Crippen LogP contribution in [0.3, 0.4) is 0 Å². The Morgan fingerprint density at radius 1 is 1.31 bits per heavy atom. The Bertz CT molecular complexity index is 115.